The Morgan fingerprint density at radius 1 is 1.05 bits per heavy atom. The third-order valence-corrected chi connectivity index (χ3v) is 3.46. The van der Waals surface area contributed by atoms with Gasteiger partial charge in [-0.3, -0.25) is 4.79 Å². The average Bonchev–Trinajstić information content (AvgIpc) is 2.96. The smallest absolute Gasteiger partial charge is 0.310 e. The van der Waals surface area contributed by atoms with E-state index in [2.05, 4.69) is 4.98 Å². The number of hydrogen-bond donors (Lipinski definition) is 1. The first kappa shape index (κ1) is 14.1. The first-order valence-electron chi connectivity index (χ1n) is 7.25. The fraction of sp³-hybridized carbons (Fsp3) is 0.105. The van der Waals surface area contributed by atoms with Crippen molar-refractivity contribution in [2.45, 2.75) is 6.42 Å². The molecule has 2 aromatic carbocycles. The van der Waals surface area contributed by atoms with Crippen LogP contribution < -0.4 is 0 Å². The number of H-pyrrole nitrogens is 1. The maximum absolute atomic E-state index is 11.9. The monoisotopic (exact) mass is 291 g/mol. The van der Waals surface area contributed by atoms with E-state index in [1.165, 1.54) is 0 Å². The Kier molecular flexibility index (Phi) is 4.35. The third-order valence-electron chi connectivity index (χ3n) is 3.46. The van der Waals surface area contributed by atoms with Crippen LogP contribution in [0.5, 0.6) is 0 Å². The van der Waals surface area contributed by atoms with Crippen molar-refractivity contribution in [3.8, 4) is 0 Å². The van der Waals surface area contributed by atoms with Crippen LogP contribution in [0.15, 0.2) is 66.9 Å². The lowest BCUT2D eigenvalue weighted by molar-refractivity contribution is -0.141. The number of rotatable bonds is 5. The first-order valence-corrected chi connectivity index (χ1v) is 7.25. The number of aromatic nitrogens is 1. The predicted octanol–water partition coefficient (Wildman–Crippen LogP) is 3.97. The minimum absolute atomic E-state index is 0.220. The quantitative estimate of drug-likeness (QED) is 0.723. The number of benzene rings is 2. The number of hydrogen-bond acceptors (Lipinski definition) is 2. The van der Waals surface area contributed by atoms with Crippen LogP contribution in [0.25, 0.3) is 17.0 Å². The van der Waals surface area contributed by atoms with Gasteiger partial charge in [0.05, 0.1) is 6.42 Å². The Morgan fingerprint density at radius 2 is 1.82 bits per heavy atom. The number of para-hydroxylation sites is 1. The molecular formula is C19H17NO2. The van der Waals surface area contributed by atoms with E-state index in [9.17, 15) is 4.79 Å². The molecule has 3 heteroatoms. The second-order valence-corrected chi connectivity index (χ2v) is 5.03. The summed E-state index contributed by atoms with van der Waals surface area (Å²) in [6.45, 7) is 0.288. The van der Waals surface area contributed by atoms with E-state index in [1.807, 2.05) is 72.9 Å². The van der Waals surface area contributed by atoms with Crippen molar-refractivity contribution in [1.29, 1.82) is 0 Å². The molecule has 0 aliphatic carbocycles. The van der Waals surface area contributed by atoms with Crippen LogP contribution in [0, 0.1) is 0 Å². The maximum Gasteiger partial charge on any atom is 0.310 e. The fourth-order valence-electron chi connectivity index (χ4n) is 2.37. The molecule has 1 N–H and O–H groups in total. The zero-order valence-corrected chi connectivity index (χ0v) is 12.2. The van der Waals surface area contributed by atoms with E-state index in [0.29, 0.717) is 0 Å². The molecule has 0 bridgehead atoms. The van der Waals surface area contributed by atoms with Crippen LogP contribution in [0.1, 0.15) is 11.1 Å². The molecule has 0 fully saturated rings. The van der Waals surface area contributed by atoms with Gasteiger partial charge in [0, 0.05) is 17.1 Å². The zero-order chi connectivity index (χ0) is 15.2. The van der Waals surface area contributed by atoms with Gasteiger partial charge in [-0.2, -0.15) is 0 Å². The second-order valence-electron chi connectivity index (χ2n) is 5.03. The molecule has 0 atom stereocenters. The van der Waals surface area contributed by atoms with Gasteiger partial charge in [0.2, 0.25) is 0 Å². The molecule has 3 rings (SSSR count). The lowest BCUT2D eigenvalue weighted by Crippen LogP contribution is -2.07. The zero-order valence-electron chi connectivity index (χ0n) is 12.2. The van der Waals surface area contributed by atoms with Crippen LogP contribution >= 0.6 is 0 Å². The molecule has 0 amide bonds. The summed E-state index contributed by atoms with van der Waals surface area (Å²) in [4.78, 5) is 15.1. The predicted molar refractivity (Wildman–Crippen MR) is 88.4 cm³/mol. The Hall–Kier alpha value is -2.81. The van der Waals surface area contributed by atoms with Crippen molar-refractivity contribution in [3.05, 3.63) is 78.0 Å². The van der Waals surface area contributed by atoms with Crippen LogP contribution in [0.3, 0.4) is 0 Å². The Labute approximate surface area is 129 Å². The molecule has 22 heavy (non-hydrogen) atoms. The Balaban J connectivity index is 1.54. The molecule has 3 nitrogen and oxygen atoms in total. The molecule has 0 unspecified atom stereocenters. The SMILES string of the molecule is O=C(Cc1c[nH]c2ccccc12)OC/C=C/c1ccccc1. The molecule has 0 spiro atoms. The van der Waals surface area contributed by atoms with E-state index in [1.54, 1.807) is 0 Å². The van der Waals surface area contributed by atoms with Gasteiger partial charge in [0.1, 0.15) is 6.61 Å². The average molecular weight is 291 g/mol. The van der Waals surface area contributed by atoms with Crippen LogP contribution in [-0.4, -0.2) is 17.6 Å². The highest BCUT2D eigenvalue weighted by atomic mass is 16.5. The number of esters is 1. The fourth-order valence-corrected chi connectivity index (χ4v) is 2.37. The minimum Gasteiger partial charge on any atom is -0.461 e. The highest BCUT2D eigenvalue weighted by molar-refractivity contribution is 5.87. The summed E-state index contributed by atoms with van der Waals surface area (Å²) in [5.41, 5.74) is 3.09. The maximum atomic E-state index is 11.9. The topological polar surface area (TPSA) is 42.1 Å². The normalized spacial score (nSPS) is 11.1. The van der Waals surface area contributed by atoms with Gasteiger partial charge in [-0.15, -0.1) is 0 Å². The van der Waals surface area contributed by atoms with Crippen molar-refractivity contribution in [2.24, 2.45) is 0 Å². The summed E-state index contributed by atoms with van der Waals surface area (Å²) in [6.07, 6.45) is 5.94. The van der Waals surface area contributed by atoms with Crippen LogP contribution in [-0.2, 0) is 16.0 Å². The van der Waals surface area contributed by atoms with Crippen molar-refractivity contribution >= 4 is 22.9 Å². The highest BCUT2D eigenvalue weighted by Gasteiger charge is 2.08. The third kappa shape index (κ3) is 3.44. The Bertz CT molecular complexity index is 787. The number of aromatic amines is 1. The van der Waals surface area contributed by atoms with Crippen molar-refractivity contribution in [2.75, 3.05) is 6.61 Å². The molecule has 0 aliphatic rings. The van der Waals surface area contributed by atoms with Crippen LogP contribution in [0.2, 0.25) is 0 Å². The molecule has 0 radical (unpaired) electrons. The van der Waals surface area contributed by atoms with Gasteiger partial charge in [-0.05, 0) is 23.3 Å². The van der Waals surface area contributed by atoms with E-state index in [4.69, 9.17) is 4.74 Å². The van der Waals surface area contributed by atoms with E-state index >= 15 is 0 Å². The Morgan fingerprint density at radius 3 is 2.68 bits per heavy atom. The number of ether oxygens (including phenoxy) is 1. The van der Waals surface area contributed by atoms with Gasteiger partial charge in [0.25, 0.3) is 0 Å². The van der Waals surface area contributed by atoms with E-state index in [-0.39, 0.29) is 19.0 Å². The molecule has 0 aliphatic heterocycles. The van der Waals surface area contributed by atoms with Crippen molar-refractivity contribution in [1.82, 2.24) is 4.98 Å². The van der Waals surface area contributed by atoms with Gasteiger partial charge < -0.3 is 9.72 Å². The van der Waals surface area contributed by atoms with Gasteiger partial charge in [-0.1, -0.05) is 54.6 Å². The van der Waals surface area contributed by atoms with Gasteiger partial charge >= 0.3 is 5.97 Å². The van der Waals surface area contributed by atoms with E-state index in [0.717, 1.165) is 22.0 Å². The number of nitrogens with one attached hydrogen (secondary N) is 1. The summed E-state index contributed by atoms with van der Waals surface area (Å²) in [5, 5.41) is 1.07. The molecule has 0 saturated carbocycles. The van der Waals surface area contributed by atoms with Crippen molar-refractivity contribution in [3.63, 3.8) is 0 Å². The highest BCUT2D eigenvalue weighted by Crippen LogP contribution is 2.18. The van der Waals surface area contributed by atoms with Crippen LogP contribution in [0.4, 0.5) is 0 Å². The summed E-state index contributed by atoms with van der Waals surface area (Å²) in [5.74, 6) is -0.220. The van der Waals surface area contributed by atoms with Gasteiger partial charge in [0.15, 0.2) is 0 Å². The minimum atomic E-state index is -0.220. The molecular weight excluding hydrogens is 274 g/mol. The summed E-state index contributed by atoms with van der Waals surface area (Å²) in [6, 6.07) is 17.9. The lowest BCUT2D eigenvalue weighted by atomic mass is 10.1. The van der Waals surface area contributed by atoms with E-state index < -0.39 is 0 Å². The molecule has 110 valence electrons. The number of carbonyl (C=O) groups excluding carboxylic acids is 1. The largest absolute Gasteiger partial charge is 0.461 e. The lowest BCUT2D eigenvalue weighted by Gasteiger charge is -2.01. The molecule has 1 heterocycles. The molecule has 1 aromatic heterocycles. The number of carbonyl (C=O) groups is 1. The van der Waals surface area contributed by atoms with Gasteiger partial charge in [-0.25, -0.2) is 0 Å². The number of fused-ring (bicyclic) bond motifs is 1. The summed E-state index contributed by atoms with van der Waals surface area (Å²) in [7, 11) is 0. The first-order chi connectivity index (χ1) is 10.8. The molecule has 0 saturated heterocycles. The summed E-state index contributed by atoms with van der Waals surface area (Å²) < 4.78 is 5.25. The molecule has 3 aromatic rings. The van der Waals surface area contributed by atoms with Crippen molar-refractivity contribution < 1.29 is 9.53 Å². The summed E-state index contributed by atoms with van der Waals surface area (Å²) >= 11 is 0. The second kappa shape index (κ2) is 6.76. The standard InChI is InChI=1S/C19H17NO2/c21-19(22-12-6-9-15-7-2-1-3-8-15)13-16-14-20-18-11-5-4-10-17(16)18/h1-11,14,20H,12-13H2/b9-6+.